The molecule has 6 aromatic rings. The summed E-state index contributed by atoms with van der Waals surface area (Å²) in [5, 5.41) is 9.08. The Kier molecular flexibility index (Phi) is 22.7. The highest BCUT2D eigenvalue weighted by Crippen LogP contribution is 2.29. The zero-order chi connectivity index (χ0) is 50.7. The maximum atomic E-state index is 13.2. The van der Waals surface area contributed by atoms with Crippen LogP contribution in [-0.4, -0.2) is 77.1 Å². The van der Waals surface area contributed by atoms with E-state index in [4.69, 9.17) is 57.4 Å². The Hall–Kier alpha value is -6.22. The van der Waals surface area contributed by atoms with E-state index in [2.05, 4.69) is 38.9 Å². The number of benzene rings is 2. The summed E-state index contributed by atoms with van der Waals surface area (Å²) in [5.74, 6) is -5.14. The van der Waals surface area contributed by atoms with E-state index in [1.165, 1.54) is 76.3 Å². The molecular weight excluding hydrogens is 1100 g/mol. The van der Waals surface area contributed by atoms with Crippen LogP contribution in [0.1, 0.15) is 63.7 Å². The Morgan fingerprint density at radius 1 is 0.691 bits per heavy atom. The Morgan fingerprint density at radius 2 is 1.19 bits per heavy atom. The maximum Gasteiger partial charge on any atom is 0.342 e. The number of aromatic nitrogens is 4. The molecule has 4 aromatic heterocycles. The average molecular weight is 1130 g/mol. The van der Waals surface area contributed by atoms with Gasteiger partial charge in [-0.2, -0.15) is 5.26 Å². The minimum Gasteiger partial charge on any atom is -0.497 e. The first-order chi connectivity index (χ1) is 32.4. The van der Waals surface area contributed by atoms with Crippen molar-refractivity contribution in [1.82, 2.24) is 24.8 Å². The molecule has 0 radical (unpaired) electrons. The molecular formula is C44H34Cl4F4IN7O8. The molecule has 24 heteroatoms. The summed E-state index contributed by atoms with van der Waals surface area (Å²) in [5.41, 5.74) is 8.48. The van der Waals surface area contributed by atoms with Gasteiger partial charge in [0.05, 0.1) is 39.6 Å². The van der Waals surface area contributed by atoms with E-state index in [0.29, 0.717) is 34.5 Å². The standard InChI is InChI=1S/C14H9ClF2N2O.C8H9ClN2O2.C8H5ClN2O2.C7H5ClINO2.C7H6F2O/c15-13-12-9(3-4-18-13)7-19(14(12)20)6-8-1-2-10(16)11(17)5-8;2*1-13-8(12)6-5(4-10)2-3-11-7(6)9;1-12-7(11)5-4(9)2-3-10-6(5)8;1-10-5-2-3-6(8)7(9)4-5/h1-5H,6-7H2;2-3H,4,10H2,1H3;2-3H,1H3;2-3H,1H3;2-4H,1H3. The molecule has 15 nitrogen and oxygen atoms in total. The second-order valence-corrected chi connectivity index (χ2v) is 15.3. The maximum absolute atomic E-state index is 13.2. The summed E-state index contributed by atoms with van der Waals surface area (Å²) in [7, 11) is 5.20. The first-order valence-corrected chi connectivity index (χ1v) is 21.2. The Balaban J connectivity index is 0.000000231. The number of nitriles is 1. The first kappa shape index (κ1) is 56.1. The molecule has 1 aliphatic heterocycles. The van der Waals surface area contributed by atoms with E-state index in [0.717, 1.165) is 33.4 Å². The van der Waals surface area contributed by atoms with Gasteiger partial charge in [0.25, 0.3) is 5.91 Å². The predicted molar refractivity (Wildman–Crippen MR) is 249 cm³/mol. The molecule has 0 aliphatic carbocycles. The number of nitrogens with two attached hydrogens (primary N) is 1. The van der Waals surface area contributed by atoms with Crippen LogP contribution < -0.4 is 10.5 Å². The molecule has 2 N–H and O–H groups in total. The zero-order valence-electron chi connectivity index (χ0n) is 35.6. The van der Waals surface area contributed by atoms with Gasteiger partial charge in [0.2, 0.25) is 0 Å². The second-order valence-electron chi connectivity index (χ2n) is 12.7. The molecule has 356 valence electrons. The molecule has 1 aliphatic rings. The predicted octanol–water partition coefficient (Wildman–Crippen LogP) is 9.64. The van der Waals surface area contributed by atoms with Crippen LogP contribution in [0.3, 0.4) is 0 Å². The van der Waals surface area contributed by atoms with E-state index in [1.54, 1.807) is 18.2 Å². The number of ether oxygens (including phenoxy) is 4. The summed E-state index contributed by atoms with van der Waals surface area (Å²) in [6.45, 7) is 0.809. The number of hydrogen-bond acceptors (Lipinski definition) is 14. The van der Waals surface area contributed by atoms with E-state index < -0.39 is 41.2 Å². The van der Waals surface area contributed by atoms with Crippen LogP contribution >= 0.6 is 69.0 Å². The normalized spacial score (nSPS) is 10.7. The monoisotopic (exact) mass is 1130 g/mol. The smallest absolute Gasteiger partial charge is 0.342 e. The van der Waals surface area contributed by atoms with E-state index >= 15 is 0 Å². The number of rotatable bonds is 7. The van der Waals surface area contributed by atoms with Crippen LogP contribution in [0.4, 0.5) is 17.6 Å². The van der Waals surface area contributed by atoms with Crippen molar-refractivity contribution in [2.45, 2.75) is 19.6 Å². The van der Waals surface area contributed by atoms with Crippen LogP contribution in [0.25, 0.3) is 0 Å². The molecule has 0 fully saturated rings. The lowest BCUT2D eigenvalue weighted by Gasteiger charge is -2.15. The molecule has 5 heterocycles. The number of hydrogen-bond donors (Lipinski definition) is 1. The molecule has 0 spiro atoms. The number of carbonyl (C=O) groups is 4. The van der Waals surface area contributed by atoms with Gasteiger partial charge in [0.1, 0.15) is 49.1 Å². The van der Waals surface area contributed by atoms with Gasteiger partial charge >= 0.3 is 17.9 Å². The van der Waals surface area contributed by atoms with Crippen LogP contribution in [0.5, 0.6) is 5.75 Å². The highest BCUT2D eigenvalue weighted by atomic mass is 127. The SMILES string of the molecule is COC(=O)c1c(C#N)ccnc1Cl.COC(=O)c1c(CN)ccnc1Cl.COC(=O)c1c(I)ccnc1Cl.COc1ccc(F)c(F)c1.O=C1c2c(ccnc2Cl)CN1Cc1ccc(F)c(F)c1. The number of halogens is 9. The number of esters is 3. The van der Waals surface area contributed by atoms with Gasteiger partial charge in [-0.15, -0.1) is 0 Å². The molecule has 0 saturated heterocycles. The van der Waals surface area contributed by atoms with Crippen molar-refractivity contribution in [2.75, 3.05) is 28.4 Å². The van der Waals surface area contributed by atoms with Gasteiger partial charge in [-0.25, -0.2) is 51.9 Å². The average Bonchev–Trinajstić information content (AvgIpc) is 3.65. The molecule has 2 aromatic carbocycles. The Labute approximate surface area is 419 Å². The number of carbonyl (C=O) groups excluding carboxylic acids is 4. The van der Waals surface area contributed by atoms with Crippen LogP contribution in [-0.2, 0) is 33.8 Å². The third-order valence-corrected chi connectivity index (χ3v) is 10.6. The molecule has 1 amide bonds. The lowest BCUT2D eigenvalue weighted by atomic mass is 10.1. The van der Waals surface area contributed by atoms with Crippen molar-refractivity contribution >= 4 is 92.8 Å². The molecule has 7 rings (SSSR count). The third-order valence-electron chi connectivity index (χ3n) is 8.60. The number of nitrogens with zero attached hydrogens (tertiary/aromatic N) is 6. The Bertz CT molecular complexity index is 2810. The topological polar surface area (TPSA) is 210 Å². The fraction of sp³-hybridized carbons (Fsp3) is 0.159. The lowest BCUT2D eigenvalue weighted by molar-refractivity contribution is 0.0590. The van der Waals surface area contributed by atoms with Crippen molar-refractivity contribution in [1.29, 1.82) is 5.26 Å². The van der Waals surface area contributed by atoms with Crippen molar-refractivity contribution in [3.63, 3.8) is 0 Å². The summed E-state index contributed by atoms with van der Waals surface area (Å²) in [6, 6.07) is 15.3. The fourth-order valence-corrected chi connectivity index (χ4v) is 7.12. The number of fused-ring (bicyclic) bond motifs is 1. The minimum atomic E-state index is -0.925. The van der Waals surface area contributed by atoms with Crippen molar-refractivity contribution in [2.24, 2.45) is 5.73 Å². The van der Waals surface area contributed by atoms with Crippen LogP contribution in [0.15, 0.2) is 85.5 Å². The summed E-state index contributed by atoms with van der Waals surface area (Å²) in [6.07, 6.45) is 5.93. The van der Waals surface area contributed by atoms with E-state index in [-0.39, 0.29) is 56.3 Å². The minimum absolute atomic E-state index is 0.00849. The van der Waals surface area contributed by atoms with Crippen molar-refractivity contribution in [3.8, 4) is 11.8 Å². The molecule has 0 saturated carbocycles. The molecule has 0 bridgehead atoms. The molecule has 0 atom stereocenters. The van der Waals surface area contributed by atoms with Gasteiger partial charge in [0.15, 0.2) is 23.3 Å². The van der Waals surface area contributed by atoms with Gasteiger partial charge < -0.3 is 29.6 Å². The van der Waals surface area contributed by atoms with Crippen LogP contribution in [0.2, 0.25) is 20.6 Å². The van der Waals surface area contributed by atoms with Gasteiger partial charge in [-0.3, -0.25) is 4.79 Å². The van der Waals surface area contributed by atoms with E-state index in [1.807, 2.05) is 28.7 Å². The lowest BCUT2D eigenvalue weighted by Crippen LogP contribution is -2.23. The van der Waals surface area contributed by atoms with Crippen molar-refractivity contribution < 1.29 is 55.7 Å². The highest BCUT2D eigenvalue weighted by Gasteiger charge is 2.30. The summed E-state index contributed by atoms with van der Waals surface area (Å²) in [4.78, 5) is 62.2. The number of methoxy groups -OCH3 is 4. The van der Waals surface area contributed by atoms with Gasteiger partial charge in [0, 0.05) is 54.1 Å². The zero-order valence-corrected chi connectivity index (χ0v) is 40.8. The summed E-state index contributed by atoms with van der Waals surface area (Å²) >= 11 is 24.9. The fourth-order valence-electron chi connectivity index (χ4n) is 5.34. The number of amides is 1. The first-order valence-electron chi connectivity index (χ1n) is 18.7. The van der Waals surface area contributed by atoms with Gasteiger partial charge in [-0.1, -0.05) is 52.5 Å². The highest BCUT2D eigenvalue weighted by molar-refractivity contribution is 14.1. The number of pyridine rings is 4. The van der Waals surface area contributed by atoms with Gasteiger partial charge in [-0.05, 0) is 87.8 Å². The van der Waals surface area contributed by atoms with E-state index in [9.17, 15) is 36.7 Å². The van der Waals surface area contributed by atoms with Crippen molar-refractivity contribution in [3.05, 3.63) is 177 Å². The second kappa shape index (κ2) is 27.6. The summed E-state index contributed by atoms with van der Waals surface area (Å²) < 4.78 is 69.5. The Morgan fingerprint density at radius 3 is 1.72 bits per heavy atom. The third kappa shape index (κ3) is 15.4. The molecule has 0 unspecified atom stereocenters. The largest absolute Gasteiger partial charge is 0.497 e. The quantitative estimate of drug-likeness (QED) is 0.0519. The molecule has 68 heavy (non-hydrogen) atoms. The van der Waals surface area contributed by atoms with Crippen LogP contribution in [0, 0.1) is 38.2 Å².